The lowest BCUT2D eigenvalue weighted by Crippen LogP contribution is -2.44. The van der Waals surface area contributed by atoms with E-state index in [1.54, 1.807) is 32.3 Å². The Hall–Kier alpha value is -3.15. The van der Waals surface area contributed by atoms with E-state index in [0.29, 0.717) is 13.1 Å². The first kappa shape index (κ1) is 25.5. The summed E-state index contributed by atoms with van der Waals surface area (Å²) >= 11 is 0. The number of amides is 3. The molecule has 1 saturated heterocycles. The standard InChI is InChI=1S/C22H25F3N4O4S/c1-5-27(6-2)18-13-26-12-11-15(18)14-28-20(31)29(19(30)21(28,3)4)16-7-9-17(10-8-16)34(32,33)22(23,24)25/h7-13H,5-6,14H2,1-4H3. The Balaban J connectivity index is 1.95. The van der Waals surface area contributed by atoms with Crippen molar-refractivity contribution in [2.24, 2.45) is 0 Å². The average molecular weight is 499 g/mol. The van der Waals surface area contributed by atoms with Gasteiger partial charge >= 0.3 is 11.5 Å². The van der Waals surface area contributed by atoms with Gasteiger partial charge in [0.15, 0.2) is 0 Å². The SMILES string of the molecule is CCN(CC)c1cnccc1CN1C(=O)N(c2ccc(S(=O)(=O)C(F)(F)F)cc2)C(=O)C1(C)C. The van der Waals surface area contributed by atoms with Gasteiger partial charge in [-0.2, -0.15) is 13.2 Å². The van der Waals surface area contributed by atoms with Crippen molar-refractivity contribution in [2.75, 3.05) is 22.9 Å². The van der Waals surface area contributed by atoms with Crippen LogP contribution in [0.25, 0.3) is 0 Å². The van der Waals surface area contributed by atoms with Crippen LogP contribution in [0.15, 0.2) is 47.6 Å². The second-order valence-corrected chi connectivity index (χ2v) is 10.1. The lowest BCUT2D eigenvalue weighted by Gasteiger charge is -2.30. The molecule has 2 aromatic rings. The van der Waals surface area contributed by atoms with Gasteiger partial charge in [0.25, 0.3) is 15.7 Å². The number of alkyl halides is 3. The Morgan fingerprint density at radius 3 is 2.15 bits per heavy atom. The second kappa shape index (κ2) is 8.90. The van der Waals surface area contributed by atoms with Crippen LogP contribution in [0.1, 0.15) is 33.3 Å². The highest BCUT2D eigenvalue weighted by atomic mass is 32.2. The summed E-state index contributed by atoms with van der Waals surface area (Å²) in [6.45, 7) is 8.65. The number of urea groups is 1. The number of hydrogen-bond donors (Lipinski definition) is 0. The van der Waals surface area contributed by atoms with Crippen molar-refractivity contribution in [1.82, 2.24) is 9.88 Å². The van der Waals surface area contributed by atoms with Crippen LogP contribution in [0.3, 0.4) is 0 Å². The minimum absolute atomic E-state index is 0.0228. The first-order valence-electron chi connectivity index (χ1n) is 10.5. The number of carbonyl (C=O) groups is 2. The topological polar surface area (TPSA) is 90.9 Å². The molecule has 0 N–H and O–H groups in total. The molecular weight excluding hydrogens is 473 g/mol. The maximum Gasteiger partial charge on any atom is 0.501 e. The Morgan fingerprint density at radius 1 is 1.03 bits per heavy atom. The molecular formula is C22H25F3N4O4S. The highest BCUT2D eigenvalue weighted by Crippen LogP contribution is 2.36. The predicted molar refractivity (Wildman–Crippen MR) is 120 cm³/mol. The van der Waals surface area contributed by atoms with Crippen molar-refractivity contribution < 1.29 is 31.2 Å². The van der Waals surface area contributed by atoms with Gasteiger partial charge in [0.1, 0.15) is 5.54 Å². The van der Waals surface area contributed by atoms with Gasteiger partial charge in [-0.25, -0.2) is 18.1 Å². The molecule has 1 aliphatic rings. The third-order valence-corrected chi connectivity index (χ3v) is 7.36. The van der Waals surface area contributed by atoms with E-state index in [-0.39, 0.29) is 12.2 Å². The van der Waals surface area contributed by atoms with Gasteiger partial charge in [-0.3, -0.25) is 9.78 Å². The fourth-order valence-electron chi connectivity index (χ4n) is 3.80. The molecule has 0 radical (unpaired) electrons. The number of pyridine rings is 1. The molecule has 0 atom stereocenters. The summed E-state index contributed by atoms with van der Waals surface area (Å²) in [4.78, 5) is 33.9. The maximum atomic E-state index is 13.3. The number of carbonyl (C=O) groups excluding carboxylic acids is 2. The zero-order valence-corrected chi connectivity index (χ0v) is 19.9. The van der Waals surface area contributed by atoms with E-state index < -0.39 is 37.7 Å². The molecule has 3 rings (SSSR count). The van der Waals surface area contributed by atoms with E-state index in [2.05, 4.69) is 9.88 Å². The summed E-state index contributed by atoms with van der Waals surface area (Å²) in [7, 11) is -5.55. The van der Waals surface area contributed by atoms with Gasteiger partial charge in [-0.1, -0.05) is 0 Å². The van der Waals surface area contributed by atoms with E-state index in [0.717, 1.165) is 40.4 Å². The first-order chi connectivity index (χ1) is 15.8. The summed E-state index contributed by atoms with van der Waals surface area (Å²) in [6, 6.07) is 4.60. The van der Waals surface area contributed by atoms with Crippen molar-refractivity contribution in [3.8, 4) is 0 Å². The third kappa shape index (κ3) is 4.22. The normalized spacial score (nSPS) is 16.3. The van der Waals surface area contributed by atoms with Gasteiger partial charge in [0.2, 0.25) is 0 Å². The minimum atomic E-state index is -5.55. The van der Waals surface area contributed by atoms with Crippen molar-refractivity contribution in [1.29, 1.82) is 0 Å². The number of rotatable bonds is 7. The van der Waals surface area contributed by atoms with E-state index in [1.807, 2.05) is 13.8 Å². The van der Waals surface area contributed by atoms with Gasteiger partial charge in [-0.15, -0.1) is 0 Å². The van der Waals surface area contributed by atoms with Gasteiger partial charge in [-0.05, 0) is 63.6 Å². The number of imide groups is 1. The third-order valence-electron chi connectivity index (χ3n) is 5.85. The van der Waals surface area contributed by atoms with E-state index >= 15 is 0 Å². The van der Waals surface area contributed by atoms with Gasteiger partial charge in [0.05, 0.1) is 29.0 Å². The lowest BCUT2D eigenvalue weighted by molar-refractivity contribution is -0.123. The molecule has 12 heteroatoms. The van der Waals surface area contributed by atoms with Crippen LogP contribution >= 0.6 is 0 Å². The summed E-state index contributed by atoms with van der Waals surface area (Å²) in [5.74, 6) is -0.581. The molecule has 0 unspecified atom stereocenters. The van der Waals surface area contributed by atoms with Crippen LogP contribution in [-0.4, -0.2) is 54.4 Å². The Labute approximate surface area is 195 Å². The van der Waals surface area contributed by atoms with Gasteiger partial charge < -0.3 is 9.80 Å². The molecule has 1 fully saturated rings. The summed E-state index contributed by atoms with van der Waals surface area (Å²) in [5.41, 5.74) is -5.13. The van der Waals surface area contributed by atoms with Crippen LogP contribution in [0, 0.1) is 0 Å². The van der Waals surface area contributed by atoms with Crippen LogP contribution < -0.4 is 9.80 Å². The van der Waals surface area contributed by atoms with Gasteiger partial charge in [0, 0.05) is 19.3 Å². The molecule has 2 heterocycles. The van der Waals surface area contributed by atoms with Crippen LogP contribution in [0.5, 0.6) is 0 Å². The van der Waals surface area contributed by atoms with Crippen LogP contribution in [-0.2, 0) is 21.2 Å². The van der Waals surface area contributed by atoms with Crippen molar-refractivity contribution in [3.05, 3.63) is 48.3 Å². The summed E-state index contributed by atoms with van der Waals surface area (Å²) < 4.78 is 61.7. The molecule has 0 aliphatic carbocycles. The highest BCUT2D eigenvalue weighted by Gasteiger charge is 2.52. The summed E-state index contributed by atoms with van der Waals surface area (Å²) in [6.07, 6.45) is 3.28. The van der Waals surface area contributed by atoms with Crippen LogP contribution in [0.4, 0.5) is 29.3 Å². The number of hydrogen-bond acceptors (Lipinski definition) is 6. The number of anilines is 2. The molecule has 1 aromatic carbocycles. The van der Waals surface area contributed by atoms with Crippen LogP contribution in [0.2, 0.25) is 0 Å². The zero-order chi connectivity index (χ0) is 25.5. The Morgan fingerprint density at radius 2 is 1.62 bits per heavy atom. The molecule has 8 nitrogen and oxygen atoms in total. The predicted octanol–water partition coefficient (Wildman–Crippen LogP) is 3.97. The smallest absolute Gasteiger partial charge is 0.371 e. The average Bonchev–Trinajstić information content (AvgIpc) is 2.94. The Kier molecular flexibility index (Phi) is 6.66. The molecule has 184 valence electrons. The van der Waals surface area contributed by atoms with E-state index in [4.69, 9.17) is 0 Å². The van der Waals surface area contributed by atoms with Crippen molar-refractivity contribution in [2.45, 2.75) is 50.2 Å². The number of aromatic nitrogens is 1. The molecule has 0 bridgehead atoms. The minimum Gasteiger partial charge on any atom is -0.371 e. The lowest BCUT2D eigenvalue weighted by atomic mass is 10.0. The number of sulfone groups is 1. The van der Waals surface area contributed by atoms with Crippen molar-refractivity contribution in [3.63, 3.8) is 0 Å². The number of halogens is 3. The van der Waals surface area contributed by atoms with E-state index in [1.165, 1.54) is 4.90 Å². The Bertz CT molecular complexity index is 1190. The first-order valence-corrected chi connectivity index (χ1v) is 12.0. The molecule has 1 aliphatic heterocycles. The highest BCUT2D eigenvalue weighted by molar-refractivity contribution is 7.92. The monoisotopic (exact) mass is 498 g/mol. The number of nitrogens with zero attached hydrogens (tertiary/aromatic N) is 4. The molecule has 34 heavy (non-hydrogen) atoms. The zero-order valence-electron chi connectivity index (χ0n) is 19.1. The molecule has 1 aromatic heterocycles. The fraction of sp³-hybridized carbons (Fsp3) is 0.409. The van der Waals surface area contributed by atoms with E-state index in [9.17, 15) is 31.2 Å². The quantitative estimate of drug-likeness (QED) is 0.537. The number of benzene rings is 1. The molecule has 0 saturated carbocycles. The van der Waals surface area contributed by atoms with Crippen molar-refractivity contribution >= 4 is 33.2 Å². The molecule has 0 spiro atoms. The maximum absolute atomic E-state index is 13.3. The largest absolute Gasteiger partial charge is 0.501 e. The summed E-state index contributed by atoms with van der Waals surface area (Å²) in [5, 5.41) is 0. The molecule has 3 amide bonds. The fourth-order valence-corrected chi connectivity index (χ4v) is 4.57. The second-order valence-electron chi connectivity index (χ2n) is 8.19.